The third-order valence-electron chi connectivity index (χ3n) is 1.24. The Balaban J connectivity index is 2.79. The SMILES string of the molecule is NNC(C(=O)O)c1ccco1. The van der Waals surface area contributed by atoms with Gasteiger partial charge in [-0.05, 0) is 12.1 Å². The predicted octanol–water partition coefficient (Wildman–Crippen LogP) is -0.131. The Morgan fingerprint density at radius 3 is 2.91 bits per heavy atom. The minimum absolute atomic E-state index is 0.292. The fraction of sp³-hybridized carbons (Fsp3) is 0.167. The number of hydrogen-bond donors (Lipinski definition) is 3. The van der Waals surface area contributed by atoms with Crippen LogP contribution in [0.25, 0.3) is 0 Å². The fourth-order valence-electron chi connectivity index (χ4n) is 0.731. The van der Waals surface area contributed by atoms with E-state index in [1.165, 1.54) is 6.26 Å². The zero-order chi connectivity index (χ0) is 8.27. The Hall–Kier alpha value is -1.33. The molecule has 0 radical (unpaired) electrons. The molecule has 11 heavy (non-hydrogen) atoms. The van der Waals surface area contributed by atoms with Crippen LogP contribution in [-0.4, -0.2) is 11.1 Å². The number of furan rings is 1. The molecule has 0 amide bonds. The first-order valence-electron chi connectivity index (χ1n) is 2.98. The zero-order valence-electron chi connectivity index (χ0n) is 5.65. The lowest BCUT2D eigenvalue weighted by molar-refractivity contribution is -0.140. The van der Waals surface area contributed by atoms with Crippen LogP contribution in [0.1, 0.15) is 11.8 Å². The fourth-order valence-corrected chi connectivity index (χ4v) is 0.731. The molecule has 0 aliphatic heterocycles. The molecule has 0 saturated carbocycles. The summed E-state index contributed by atoms with van der Waals surface area (Å²) in [6.07, 6.45) is 1.39. The molecule has 1 rings (SSSR count). The second kappa shape index (κ2) is 3.18. The maximum absolute atomic E-state index is 10.4. The molecule has 0 bridgehead atoms. The maximum Gasteiger partial charge on any atom is 0.329 e. The highest BCUT2D eigenvalue weighted by Crippen LogP contribution is 2.11. The van der Waals surface area contributed by atoms with E-state index in [0.717, 1.165) is 0 Å². The van der Waals surface area contributed by atoms with Gasteiger partial charge in [-0.3, -0.25) is 5.84 Å². The van der Waals surface area contributed by atoms with Gasteiger partial charge in [0.05, 0.1) is 6.26 Å². The smallest absolute Gasteiger partial charge is 0.329 e. The predicted molar refractivity (Wildman–Crippen MR) is 36.4 cm³/mol. The van der Waals surface area contributed by atoms with Crippen molar-refractivity contribution >= 4 is 5.97 Å². The number of carboxylic acids is 1. The van der Waals surface area contributed by atoms with Crippen molar-refractivity contribution in [3.8, 4) is 0 Å². The Labute approximate surface area is 62.8 Å². The van der Waals surface area contributed by atoms with E-state index in [1.54, 1.807) is 12.1 Å². The van der Waals surface area contributed by atoms with E-state index in [-0.39, 0.29) is 0 Å². The number of hydrogen-bond acceptors (Lipinski definition) is 4. The maximum atomic E-state index is 10.4. The Morgan fingerprint density at radius 1 is 1.82 bits per heavy atom. The first-order chi connectivity index (χ1) is 5.25. The van der Waals surface area contributed by atoms with E-state index >= 15 is 0 Å². The van der Waals surface area contributed by atoms with Gasteiger partial charge in [-0.25, -0.2) is 10.2 Å². The van der Waals surface area contributed by atoms with Gasteiger partial charge in [0, 0.05) is 0 Å². The molecule has 4 N–H and O–H groups in total. The van der Waals surface area contributed by atoms with Gasteiger partial charge in [-0.1, -0.05) is 0 Å². The third-order valence-corrected chi connectivity index (χ3v) is 1.24. The number of rotatable bonds is 3. The first kappa shape index (κ1) is 7.77. The number of carboxylic acid groups (broad SMARTS) is 1. The lowest BCUT2D eigenvalue weighted by Gasteiger charge is -2.05. The van der Waals surface area contributed by atoms with E-state index in [4.69, 9.17) is 15.4 Å². The lowest BCUT2D eigenvalue weighted by Crippen LogP contribution is -2.33. The zero-order valence-corrected chi connectivity index (χ0v) is 5.65. The van der Waals surface area contributed by atoms with Gasteiger partial charge in [-0.15, -0.1) is 0 Å². The van der Waals surface area contributed by atoms with E-state index in [9.17, 15) is 4.79 Å². The van der Waals surface area contributed by atoms with Crippen LogP contribution in [0, 0.1) is 0 Å². The number of nitrogens with one attached hydrogen (secondary N) is 1. The monoisotopic (exact) mass is 156 g/mol. The Bertz CT molecular complexity index is 232. The largest absolute Gasteiger partial charge is 0.480 e. The van der Waals surface area contributed by atoms with Crippen LogP contribution < -0.4 is 11.3 Å². The van der Waals surface area contributed by atoms with Gasteiger partial charge in [-0.2, -0.15) is 0 Å². The van der Waals surface area contributed by atoms with Crippen molar-refractivity contribution in [2.75, 3.05) is 0 Å². The van der Waals surface area contributed by atoms with Crippen LogP contribution in [0.3, 0.4) is 0 Å². The van der Waals surface area contributed by atoms with Crippen molar-refractivity contribution in [2.45, 2.75) is 6.04 Å². The van der Waals surface area contributed by atoms with Crippen LogP contribution in [0.2, 0.25) is 0 Å². The summed E-state index contributed by atoms with van der Waals surface area (Å²) in [7, 11) is 0. The molecule has 0 aliphatic rings. The second-order valence-corrected chi connectivity index (χ2v) is 1.95. The summed E-state index contributed by atoms with van der Waals surface area (Å²) >= 11 is 0. The lowest BCUT2D eigenvalue weighted by atomic mass is 10.2. The number of hydrazine groups is 1. The molecule has 5 heteroatoms. The number of nitrogens with two attached hydrogens (primary N) is 1. The number of carbonyl (C=O) groups is 1. The van der Waals surface area contributed by atoms with E-state index in [1.807, 2.05) is 0 Å². The molecule has 0 saturated heterocycles. The second-order valence-electron chi connectivity index (χ2n) is 1.95. The molecule has 0 aromatic carbocycles. The molecular formula is C6H8N2O3. The van der Waals surface area contributed by atoms with Gasteiger partial charge in [0.1, 0.15) is 5.76 Å². The van der Waals surface area contributed by atoms with E-state index in [2.05, 4.69) is 5.43 Å². The Kier molecular flexibility index (Phi) is 2.25. The van der Waals surface area contributed by atoms with Crippen LogP contribution in [-0.2, 0) is 4.79 Å². The molecule has 0 aliphatic carbocycles. The molecule has 1 atom stereocenters. The summed E-state index contributed by atoms with van der Waals surface area (Å²) in [5.41, 5.74) is 2.11. The van der Waals surface area contributed by atoms with Crippen molar-refractivity contribution in [1.82, 2.24) is 5.43 Å². The minimum atomic E-state index is -1.07. The minimum Gasteiger partial charge on any atom is -0.480 e. The summed E-state index contributed by atoms with van der Waals surface area (Å²) in [5.74, 6) is 4.20. The first-order valence-corrected chi connectivity index (χ1v) is 2.98. The van der Waals surface area contributed by atoms with Crippen molar-refractivity contribution in [1.29, 1.82) is 0 Å². The van der Waals surface area contributed by atoms with Crippen molar-refractivity contribution in [3.63, 3.8) is 0 Å². The summed E-state index contributed by atoms with van der Waals surface area (Å²) in [5, 5.41) is 8.54. The van der Waals surface area contributed by atoms with Crippen LogP contribution >= 0.6 is 0 Å². The van der Waals surface area contributed by atoms with Crippen molar-refractivity contribution in [3.05, 3.63) is 24.2 Å². The molecule has 5 nitrogen and oxygen atoms in total. The van der Waals surface area contributed by atoms with Crippen LogP contribution in [0.5, 0.6) is 0 Å². The summed E-state index contributed by atoms with van der Waals surface area (Å²) in [6, 6.07) is 2.17. The van der Waals surface area contributed by atoms with Gasteiger partial charge in [0.2, 0.25) is 0 Å². The molecule has 1 heterocycles. The van der Waals surface area contributed by atoms with Crippen LogP contribution in [0.15, 0.2) is 22.8 Å². The average molecular weight is 156 g/mol. The molecule has 0 spiro atoms. The van der Waals surface area contributed by atoms with Crippen molar-refractivity contribution in [2.24, 2.45) is 5.84 Å². The summed E-state index contributed by atoms with van der Waals surface area (Å²) in [4.78, 5) is 10.4. The standard InChI is InChI=1S/C6H8N2O3/c7-8-5(6(9)10)4-2-1-3-11-4/h1-3,5,8H,7H2,(H,9,10). The molecule has 1 aromatic heterocycles. The molecular weight excluding hydrogens is 148 g/mol. The van der Waals surface area contributed by atoms with E-state index in [0.29, 0.717) is 5.76 Å². The van der Waals surface area contributed by atoms with Crippen LogP contribution in [0.4, 0.5) is 0 Å². The van der Waals surface area contributed by atoms with Gasteiger partial charge < -0.3 is 9.52 Å². The Morgan fingerprint density at radius 2 is 2.55 bits per heavy atom. The topological polar surface area (TPSA) is 88.5 Å². The quantitative estimate of drug-likeness (QED) is 0.419. The van der Waals surface area contributed by atoms with E-state index < -0.39 is 12.0 Å². The van der Waals surface area contributed by atoms with Gasteiger partial charge >= 0.3 is 5.97 Å². The molecule has 0 fully saturated rings. The van der Waals surface area contributed by atoms with Crippen molar-refractivity contribution < 1.29 is 14.3 Å². The van der Waals surface area contributed by atoms with Gasteiger partial charge in [0.15, 0.2) is 6.04 Å². The molecule has 1 aromatic rings. The molecule has 1 unspecified atom stereocenters. The summed E-state index contributed by atoms with van der Waals surface area (Å²) in [6.45, 7) is 0. The normalized spacial score (nSPS) is 12.8. The highest BCUT2D eigenvalue weighted by Gasteiger charge is 2.19. The van der Waals surface area contributed by atoms with Gasteiger partial charge in [0.25, 0.3) is 0 Å². The molecule has 60 valence electrons. The number of aliphatic carboxylic acids is 1. The summed E-state index contributed by atoms with van der Waals surface area (Å²) < 4.78 is 4.82. The third kappa shape index (κ3) is 1.57. The highest BCUT2D eigenvalue weighted by molar-refractivity contribution is 5.74. The highest BCUT2D eigenvalue weighted by atomic mass is 16.4. The average Bonchev–Trinajstić information content (AvgIpc) is 2.40.